The Hall–Kier alpha value is -3.87. The summed E-state index contributed by atoms with van der Waals surface area (Å²) in [6.45, 7) is 0. The van der Waals surface area contributed by atoms with Gasteiger partial charge in [0.2, 0.25) is 0 Å². The average molecular weight is 406 g/mol. The summed E-state index contributed by atoms with van der Waals surface area (Å²) in [5, 5.41) is 0.352. The molecule has 1 amide bonds. The van der Waals surface area contributed by atoms with Gasteiger partial charge in [0.15, 0.2) is 5.43 Å². The highest BCUT2D eigenvalue weighted by atomic mass is 19.1. The van der Waals surface area contributed by atoms with Gasteiger partial charge in [-0.3, -0.25) is 14.6 Å². The van der Waals surface area contributed by atoms with Gasteiger partial charge in [-0.25, -0.2) is 8.78 Å². The summed E-state index contributed by atoms with van der Waals surface area (Å²) in [6, 6.07) is 11.6. The standard InChI is InChI=1S/C23H16F2N2O3/c1-27(23(29)14-4-6-18-20(28)8-10-30-21(18)11-14)22(15-3-2-9-26-13-15)17-7-5-16(24)12-19(17)25/h2-13,22H,1H3. The maximum absolute atomic E-state index is 14.6. The Morgan fingerprint density at radius 3 is 2.67 bits per heavy atom. The summed E-state index contributed by atoms with van der Waals surface area (Å²) >= 11 is 0. The summed E-state index contributed by atoms with van der Waals surface area (Å²) in [7, 11) is 1.52. The van der Waals surface area contributed by atoms with E-state index in [0.29, 0.717) is 10.9 Å². The predicted molar refractivity (Wildman–Crippen MR) is 107 cm³/mol. The summed E-state index contributed by atoms with van der Waals surface area (Å²) in [5.74, 6) is -1.91. The fourth-order valence-electron chi connectivity index (χ4n) is 3.41. The highest BCUT2D eigenvalue weighted by Gasteiger charge is 2.27. The molecule has 0 saturated carbocycles. The van der Waals surface area contributed by atoms with Crippen LogP contribution in [0, 0.1) is 11.6 Å². The van der Waals surface area contributed by atoms with Crippen molar-refractivity contribution in [3.05, 3.63) is 112 Å². The Labute approximate surface area is 170 Å². The number of carbonyl (C=O) groups excluding carboxylic acids is 1. The number of pyridine rings is 1. The lowest BCUT2D eigenvalue weighted by atomic mass is 9.97. The second-order valence-corrected chi connectivity index (χ2v) is 6.77. The summed E-state index contributed by atoms with van der Waals surface area (Å²) in [6.07, 6.45) is 4.35. The molecule has 2 heterocycles. The van der Waals surface area contributed by atoms with Crippen molar-refractivity contribution < 1.29 is 18.0 Å². The molecule has 0 N–H and O–H groups in total. The van der Waals surface area contributed by atoms with Crippen LogP contribution in [-0.4, -0.2) is 22.8 Å². The number of benzene rings is 2. The zero-order valence-electron chi connectivity index (χ0n) is 15.9. The van der Waals surface area contributed by atoms with Gasteiger partial charge in [0.1, 0.15) is 17.2 Å². The summed E-state index contributed by atoms with van der Waals surface area (Å²) in [5.41, 5.74) is 1.01. The molecule has 0 saturated heterocycles. The van der Waals surface area contributed by atoms with Gasteiger partial charge in [-0.1, -0.05) is 12.1 Å². The first kappa shape index (κ1) is 19.4. The van der Waals surface area contributed by atoms with Crippen LogP contribution in [0.1, 0.15) is 27.5 Å². The molecule has 150 valence electrons. The number of amides is 1. The van der Waals surface area contributed by atoms with Crippen molar-refractivity contribution in [2.75, 3.05) is 7.05 Å². The van der Waals surface area contributed by atoms with Gasteiger partial charge in [0.05, 0.1) is 17.7 Å². The molecular weight excluding hydrogens is 390 g/mol. The molecule has 0 aliphatic rings. The number of hydrogen-bond acceptors (Lipinski definition) is 4. The zero-order chi connectivity index (χ0) is 21.3. The van der Waals surface area contributed by atoms with Crippen LogP contribution < -0.4 is 5.43 Å². The highest BCUT2D eigenvalue weighted by Crippen LogP contribution is 2.31. The van der Waals surface area contributed by atoms with E-state index in [1.807, 2.05) is 0 Å². The number of hydrogen-bond donors (Lipinski definition) is 0. The maximum atomic E-state index is 14.6. The van der Waals surface area contributed by atoms with E-state index < -0.39 is 23.6 Å². The lowest BCUT2D eigenvalue weighted by Gasteiger charge is -2.29. The third-order valence-electron chi connectivity index (χ3n) is 4.87. The molecule has 1 unspecified atom stereocenters. The van der Waals surface area contributed by atoms with Gasteiger partial charge in [-0.05, 0) is 35.9 Å². The third-order valence-corrected chi connectivity index (χ3v) is 4.87. The third kappa shape index (κ3) is 3.57. The molecule has 1 atom stereocenters. The smallest absolute Gasteiger partial charge is 0.254 e. The minimum Gasteiger partial charge on any atom is -0.464 e. The molecule has 4 rings (SSSR count). The van der Waals surface area contributed by atoms with Crippen molar-refractivity contribution >= 4 is 16.9 Å². The van der Waals surface area contributed by atoms with Gasteiger partial charge in [0, 0.05) is 42.7 Å². The van der Waals surface area contributed by atoms with Crippen LogP contribution in [-0.2, 0) is 0 Å². The number of rotatable bonds is 4. The predicted octanol–water partition coefficient (Wildman–Crippen LogP) is 4.33. The Bertz CT molecular complexity index is 1290. The fourth-order valence-corrected chi connectivity index (χ4v) is 3.41. The van der Waals surface area contributed by atoms with Gasteiger partial charge in [-0.2, -0.15) is 0 Å². The van der Waals surface area contributed by atoms with Crippen molar-refractivity contribution in [2.24, 2.45) is 0 Å². The number of halogens is 2. The highest BCUT2D eigenvalue weighted by molar-refractivity contribution is 5.97. The van der Waals surface area contributed by atoms with E-state index in [1.54, 1.807) is 18.3 Å². The first-order chi connectivity index (χ1) is 14.5. The zero-order valence-corrected chi connectivity index (χ0v) is 15.9. The summed E-state index contributed by atoms with van der Waals surface area (Å²) in [4.78, 5) is 30.5. The van der Waals surface area contributed by atoms with Gasteiger partial charge in [0.25, 0.3) is 5.91 Å². The van der Waals surface area contributed by atoms with Crippen molar-refractivity contribution in [1.82, 2.24) is 9.88 Å². The van der Waals surface area contributed by atoms with Gasteiger partial charge < -0.3 is 9.32 Å². The lowest BCUT2D eigenvalue weighted by Crippen LogP contribution is -2.32. The molecule has 0 aliphatic carbocycles. The SMILES string of the molecule is CN(C(=O)c1ccc2c(=O)ccoc2c1)C(c1cccnc1)c1ccc(F)cc1F. The molecule has 0 bridgehead atoms. The molecule has 30 heavy (non-hydrogen) atoms. The minimum atomic E-state index is -0.842. The van der Waals surface area contributed by atoms with Crippen LogP contribution in [0.3, 0.4) is 0 Å². The second kappa shape index (κ2) is 7.87. The van der Waals surface area contributed by atoms with E-state index in [9.17, 15) is 18.4 Å². The molecular formula is C23H16F2N2O3. The Morgan fingerprint density at radius 2 is 1.93 bits per heavy atom. The van der Waals surface area contributed by atoms with E-state index in [1.165, 1.54) is 54.7 Å². The number of carbonyl (C=O) groups is 1. The van der Waals surface area contributed by atoms with E-state index in [0.717, 1.165) is 12.1 Å². The van der Waals surface area contributed by atoms with Crippen LogP contribution in [0.2, 0.25) is 0 Å². The normalized spacial score (nSPS) is 12.0. The molecule has 7 heteroatoms. The monoisotopic (exact) mass is 406 g/mol. The first-order valence-electron chi connectivity index (χ1n) is 9.09. The van der Waals surface area contributed by atoms with Crippen molar-refractivity contribution in [2.45, 2.75) is 6.04 Å². The average Bonchev–Trinajstić information content (AvgIpc) is 2.75. The van der Waals surface area contributed by atoms with Crippen LogP contribution in [0.25, 0.3) is 11.0 Å². The lowest BCUT2D eigenvalue weighted by molar-refractivity contribution is 0.0753. The van der Waals surface area contributed by atoms with Crippen LogP contribution in [0.15, 0.2) is 82.5 Å². The fraction of sp³-hybridized carbons (Fsp3) is 0.0870. The van der Waals surface area contributed by atoms with E-state index in [2.05, 4.69) is 4.98 Å². The van der Waals surface area contributed by atoms with E-state index in [4.69, 9.17) is 4.42 Å². The second-order valence-electron chi connectivity index (χ2n) is 6.77. The summed E-state index contributed by atoms with van der Waals surface area (Å²) < 4.78 is 33.4. The van der Waals surface area contributed by atoms with E-state index >= 15 is 0 Å². The van der Waals surface area contributed by atoms with E-state index in [-0.39, 0.29) is 22.1 Å². The van der Waals surface area contributed by atoms with Gasteiger partial charge >= 0.3 is 0 Å². The minimum absolute atomic E-state index is 0.132. The first-order valence-corrected chi connectivity index (χ1v) is 9.09. The van der Waals surface area contributed by atoms with Crippen molar-refractivity contribution in [3.63, 3.8) is 0 Å². The van der Waals surface area contributed by atoms with Crippen molar-refractivity contribution in [1.29, 1.82) is 0 Å². The van der Waals surface area contributed by atoms with Gasteiger partial charge in [-0.15, -0.1) is 0 Å². The van der Waals surface area contributed by atoms with Crippen molar-refractivity contribution in [3.8, 4) is 0 Å². The molecule has 0 spiro atoms. The molecule has 0 aliphatic heterocycles. The maximum Gasteiger partial charge on any atom is 0.254 e. The quantitative estimate of drug-likeness (QED) is 0.506. The largest absolute Gasteiger partial charge is 0.464 e. The number of aromatic nitrogens is 1. The Morgan fingerprint density at radius 1 is 1.10 bits per heavy atom. The van der Waals surface area contributed by atoms with Crippen LogP contribution >= 0.6 is 0 Å². The molecule has 2 aromatic heterocycles. The molecule has 4 aromatic rings. The van der Waals surface area contributed by atoms with Crippen LogP contribution in [0.4, 0.5) is 8.78 Å². The number of nitrogens with zero attached hydrogens (tertiary/aromatic N) is 2. The Balaban J connectivity index is 1.79. The Kier molecular flexibility index (Phi) is 5.10. The van der Waals surface area contributed by atoms with Crippen LogP contribution in [0.5, 0.6) is 0 Å². The molecule has 0 radical (unpaired) electrons. The number of fused-ring (bicyclic) bond motifs is 1. The topological polar surface area (TPSA) is 63.4 Å². The molecule has 5 nitrogen and oxygen atoms in total. The molecule has 0 fully saturated rings. The molecule has 2 aromatic carbocycles.